The van der Waals surface area contributed by atoms with Crippen molar-refractivity contribution in [3.63, 3.8) is 0 Å². The summed E-state index contributed by atoms with van der Waals surface area (Å²) in [6, 6.07) is 14.9. The van der Waals surface area contributed by atoms with Crippen molar-refractivity contribution in [3.05, 3.63) is 69.6 Å². The van der Waals surface area contributed by atoms with E-state index in [2.05, 4.69) is 20.8 Å². The first-order valence-electron chi connectivity index (χ1n) is 8.71. The Kier molecular flexibility index (Phi) is 5.41. The summed E-state index contributed by atoms with van der Waals surface area (Å²) in [7, 11) is 0. The van der Waals surface area contributed by atoms with Gasteiger partial charge in [-0.15, -0.1) is 11.3 Å². The molecule has 3 aromatic rings. The van der Waals surface area contributed by atoms with Crippen LogP contribution >= 0.6 is 22.9 Å². The average molecular weight is 401 g/mol. The van der Waals surface area contributed by atoms with E-state index in [1.807, 2.05) is 36.4 Å². The maximum Gasteiger partial charge on any atom is 0.350 e. The molecule has 1 atom stereocenters. The fraction of sp³-hybridized carbons (Fsp3) is 0.273. The van der Waals surface area contributed by atoms with E-state index >= 15 is 0 Å². The Labute approximate surface area is 167 Å². The monoisotopic (exact) mass is 400 g/mol. The minimum atomic E-state index is -0.890. The third-order valence-electron chi connectivity index (χ3n) is 4.41. The highest BCUT2D eigenvalue weighted by Gasteiger charge is 2.24. The van der Waals surface area contributed by atoms with Gasteiger partial charge in [0.15, 0.2) is 6.10 Å². The van der Waals surface area contributed by atoms with Crippen LogP contribution in [0.3, 0.4) is 0 Å². The Balaban J connectivity index is 1.75. The zero-order valence-corrected chi connectivity index (χ0v) is 17.3. The van der Waals surface area contributed by atoms with Crippen molar-refractivity contribution in [1.82, 2.24) is 0 Å². The molecule has 0 fully saturated rings. The molecule has 1 heterocycles. The number of benzene rings is 2. The summed E-state index contributed by atoms with van der Waals surface area (Å²) in [5.41, 5.74) is 1.67. The minimum absolute atomic E-state index is 0.0115. The molecule has 0 bridgehead atoms. The van der Waals surface area contributed by atoms with E-state index in [0.29, 0.717) is 15.5 Å². The molecule has 0 aliphatic rings. The largest absolute Gasteiger partial charge is 0.450 e. The summed E-state index contributed by atoms with van der Waals surface area (Å²) >= 11 is 7.59. The van der Waals surface area contributed by atoms with Gasteiger partial charge in [-0.25, -0.2) is 4.79 Å². The number of carbonyl (C=O) groups excluding carboxylic acids is 2. The lowest BCUT2D eigenvalue weighted by Crippen LogP contribution is -2.24. The lowest BCUT2D eigenvalue weighted by atomic mass is 9.86. The number of hydrogen-bond acceptors (Lipinski definition) is 4. The molecule has 0 aliphatic carbocycles. The number of ketones is 1. The number of ether oxygens (including phenoxy) is 1. The van der Waals surface area contributed by atoms with Crippen LogP contribution < -0.4 is 0 Å². The van der Waals surface area contributed by atoms with Gasteiger partial charge in [0, 0.05) is 15.6 Å². The third kappa shape index (κ3) is 4.07. The predicted molar refractivity (Wildman–Crippen MR) is 111 cm³/mol. The molecule has 0 unspecified atom stereocenters. The number of esters is 1. The molecule has 1 aromatic heterocycles. The van der Waals surface area contributed by atoms with E-state index in [0.717, 1.165) is 15.6 Å². The van der Waals surface area contributed by atoms with E-state index in [1.165, 1.54) is 11.3 Å². The zero-order valence-electron chi connectivity index (χ0n) is 15.7. The summed E-state index contributed by atoms with van der Waals surface area (Å²) in [4.78, 5) is 25.5. The fourth-order valence-electron chi connectivity index (χ4n) is 2.78. The van der Waals surface area contributed by atoms with Crippen LogP contribution in [0, 0.1) is 0 Å². The zero-order chi connectivity index (χ0) is 19.8. The molecule has 0 spiro atoms. The molecule has 0 N–H and O–H groups in total. The first kappa shape index (κ1) is 19.6. The second-order valence-electron chi connectivity index (χ2n) is 7.48. The topological polar surface area (TPSA) is 43.4 Å². The second-order valence-corrected chi connectivity index (χ2v) is 8.91. The number of Topliss-reactive ketones (excluding diaryl/α,β-unsaturated/α-hetero) is 1. The maximum absolute atomic E-state index is 12.6. The summed E-state index contributed by atoms with van der Waals surface area (Å²) in [6.45, 7) is 7.92. The quantitative estimate of drug-likeness (QED) is 0.382. The van der Waals surface area contributed by atoms with Gasteiger partial charge in [-0.2, -0.15) is 0 Å². The molecule has 0 radical (unpaired) electrons. The van der Waals surface area contributed by atoms with Crippen LogP contribution in [0.25, 0.3) is 10.1 Å². The van der Waals surface area contributed by atoms with Crippen molar-refractivity contribution >= 4 is 44.8 Å². The summed E-state index contributed by atoms with van der Waals surface area (Å²) in [5, 5.41) is 1.18. The van der Waals surface area contributed by atoms with Gasteiger partial charge in [0.2, 0.25) is 5.78 Å². The number of fused-ring (bicyclic) bond motifs is 1. The molecule has 5 heteroatoms. The van der Waals surface area contributed by atoms with Crippen LogP contribution in [-0.2, 0) is 10.2 Å². The number of thiophene rings is 1. The Morgan fingerprint density at radius 2 is 1.67 bits per heavy atom. The number of halogens is 1. The van der Waals surface area contributed by atoms with Gasteiger partial charge in [-0.05, 0) is 24.0 Å². The van der Waals surface area contributed by atoms with Gasteiger partial charge >= 0.3 is 5.97 Å². The Bertz CT molecular complexity index is 997. The van der Waals surface area contributed by atoms with Gasteiger partial charge in [0.05, 0.1) is 5.02 Å². The SMILES string of the molecule is C[C@@H](OC(=O)c1sc2ccccc2c1Cl)C(=O)c1ccc(C(C)(C)C)cc1. The predicted octanol–water partition coefficient (Wildman–Crippen LogP) is 6.28. The van der Waals surface area contributed by atoms with E-state index < -0.39 is 12.1 Å². The molecule has 3 rings (SSSR count). The lowest BCUT2D eigenvalue weighted by molar-refractivity contribution is 0.0324. The molecule has 3 nitrogen and oxygen atoms in total. The highest BCUT2D eigenvalue weighted by atomic mass is 35.5. The van der Waals surface area contributed by atoms with Gasteiger partial charge in [0.25, 0.3) is 0 Å². The van der Waals surface area contributed by atoms with Gasteiger partial charge in [-0.1, -0.05) is 74.8 Å². The number of hydrogen-bond donors (Lipinski definition) is 0. The Morgan fingerprint density at radius 3 is 2.26 bits per heavy atom. The molecular formula is C22H21ClO3S. The summed E-state index contributed by atoms with van der Waals surface area (Å²) in [5.74, 6) is -0.811. The van der Waals surface area contributed by atoms with Gasteiger partial charge in [0.1, 0.15) is 4.88 Å². The van der Waals surface area contributed by atoms with Crippen molar-refractivity contribution in [1.29, 1.82) is 0 Å². The van der Waals surface area contributed by atoms with Crippen LogP contribution in [0.5, 0.6) is 0 Å². The smallest absolute Gasteiger partial charge is 0.350 e. The molecule has 27 heavy (non-hydrogen) atoms. The van der Waals surface area contributed by atoms with Crippen molar-refractivity contribution in [3.8, 4) is 0 Å². The van der Waals surface area contributed by atoms with Crippen molar-refractivity contribution in [2.24, 2.45) is 0 Å². The van der Waals surface area contributed by atoms with E-state index in [-0.39, 0.29) is 11.2 Å². The van der Waals surface area contributed by atoms with Crippen LogP contribution in [0.4, 0.5) is 0 Å². The summed E-state index contributed by atoms with van der Waals surface area (Å²) < 4.78 is 6.31. The minimum Gasteiger partial charge on any atom is -0.450 e. The van der Waals surface area contributed by atoms with E-state index in [1.54, 1.807) is 19.1 Å². The summed E-state index contributed by atoms with van der Waals surface area (Å²) in [6.07, 6.45) is -0.890. The first-order chi connectivity index (χ1) is 12.7. The van der Waals surface area contributed by atoms with E-state index in [9.17, 15) is 9.59 Å². The van der Waals surface area contributed by atoms with Crippen molar-refractivity contribution in [2.45, 2.75) is 39.2 Å². The van der Waals surface area contributed by atoms with Gasteiger partial charge in [-0.3, -0.25) is 4.79 Å². The lowest BCUT2D eigenvalue weighted by Gasteiger charge is -2.19. The molecule has 0 saturated carbocycles. The van der Waals surface area contributed by atoms with Crippen LogP contribution in [0.1, 0.15) is 53.3 Å². The highest BCUT2D eigenvalue weighted by Crippen LogP contribution is 2.35. The normalized spacial score (nSPS) is 12.8. The second kappa shape index (κ2) is 7.45. The van der Waals surface area contributed by atoms with Crippen molar-refractivity contribution in [2.75, 3.05) is 0 Å². The molecule has 0 amide bonds. The van der Waals surface area contributed by atoms with Crippen LogP contribution in [0.2, 0.25) is 5.02 Å². The van der Waals surface area contributed by atoms with Gasteiger partial charge < -0.3 is 4.74 Å². The molecular weight excluding hydrogens is 380 g/mol. The van der Waals surface area contributed by atoms with Crippen LogP contribution in [-0.4, -0.2) is 17.9 Å². The molecule has 0 aliphatic heterocycles. The van der Waals surface area contributed by atoms with Crippen LogP contribution in [0.15, 0.2) is 48.5 Å². The Morgan fingerprint density at radius 1 is 1.04 bits per heavy atom. The van der Waals surface area contributed by atoms with Crippen molar-refractivity contribution < 1.29 is 14.3 Å². The highest BCUT2D eigenvalue weighted by molar-refractivity contribution is 7.21. The molecule has 140 valence electrons. The van der Waals surface area contributed by atoms with E-state index in [4.69, 9.17) is 16.3 Å². The fourth-order valence-corrected chi connectivity index (χ4v) is 4.17. The standard InChI is InChI=1S/C22H21ClO3S/c1-13(19(24)14-9-11-15(12-10-14)22(2,3)4)26-21(25)20-18(23)16-7-5-6-8-17(16)27-20/h5-13H,1-4H3/t13-/m1/s1. The molecule has 2 aromatic carbocycles. The maximum atomic E-state index is 12.6. The number of rotatable bonds is 4. The first-order valence-corrected chi connectivity index (χ1v) is 9.90. The Hall–Kier alpha value is -2.17. The third-order valence-corrected chi connectivity index (χ3v) is 6.06. The average Bonchev–Trinajstić information content (AvgIpc) is 2.97. The number of carbonyl (C=O) groups is 2. The molecule has 0 saturated heterocycles.